The Morgan fingerprint density at radius 1 is 0.560 bits per heavy atom. The van der Waals surface area contributed by atoms with Crippen LogP contribution < -0.4 is 10.6 Å². The van der Waals surface area contributed by atoms with Crippen LogP contribution in [-0.4, -0.2) is 62.6 Å². The SMILES string of the molecule is CCC#CC#CCCCCOC(=O)NCC(=O)O[C@H]1CC[C@@]2(C)C(=CC[C@@H]3[C@@H]2CC[C@@]2(C)[C@H]3CC[C@]2(C)[C@H](C)CCCC(C)C)C1.CCCCOC(=O)NCC(=O)O[C@H]1CC[C@@]2(C)C(=CC[C@H]3[C@@H]4CC[C@H]([C@H](C)CCCC(C)C)C4CC[C@@H]32)C1. The smallest absolute Gasteiger partial charge is 0.407 e. The summed E-state index contributed by atoms with van der Waals surface area (Å²) >= 11 is 0. The molecule has 0 aromatic rings. The number of ether oxygens (including phenoxy) is 4. The van der Waals surface area contributed by atoms with E-state index in [9.17, 15) is 19.2 Å². The van der Waals surface area contributed by atoms with E-state index in [0.717, 1.165) is 148 Å². The normalized spacial score (nSPS) is 34.2. The van der Waals surface area contributed by atoms with E-state index < -0.39 is 12.2 Å². The lowest BCUT2D eigenvalue weighted by Crippen LogP contribution is -2.53. The highest BCUT2D eigenvalue weighted by atomic mass is 16.6. The number of amides is 2. The summed E-state index contributed by atoms with van der Waals surface area (Å²) in [5.41, 5.74) is 4.40. The van der Waals surface area contributed by atoms with Crippen LogP contribution in [-0.2, 0) is 28.5 Å². The van der Waals surface area contributed by atoms with Gasteiger partial charge in [-0.15, -0.1) is 0 Å². The van der Waals surface area contributed by atoms with Crippen LogP contribution in [0.15, 0.2) is 23.3 Å². The minimum absolute atomic E-state index is 0.0739. The fraction of sp³-hybridized carbons (Fsp3) is 0.838. The molecule has 1 unspecified atom stereocenters. The highest BCUT2D eigenvalue weighted by molar-refractivity contribution is 5.78. The van der Waals surface area contributed by atoms with Crippen LogP contribution >= 0.6 is 0 Å². The molecule has 10 nitrogen and oxygen atoms in total. The van der Waals surface area contributed by atoms with E-state index in [0.29, 0.717) is 24.0 Å². The van der Waals surface area contributed by atoms with Crippen LogP contribution in [0.3, 0.4) is 0 Å². The fourth-order valence-electron chi connectivity index (χ4n) is 19.1. The van der Waals surface area contributed by atoms with Crippen molar-refractivity contribution >= 4 is 24.1 Å². The number of fused-ring (bicyclic) bond motifs is 10. The second kappa shape index (κ2) is 31.3. The van der Waals surface area contributed by atoms with Crippen molar-refractivity contribution in [2.45, 2.75) is 275 Å². The number of allylic oxidation sites excluding steroid dienone is 2. The molecule has 8 rings (SSSR count). The Kier molecular flexibility index (Phi) is 25.2. The quantitative estimate of drug-likeness (QED) is 0.0340. The maximum absolute atomic E-state index is 12.6. The Morgan fingerprint density at radius 2 is 1.11 bits per heavy atom. The van der Waals surface area contributed by atoms with Crippen LogP contribution in [0.2, 0.25) is 0 Å². The maximum Gasteiger partial charge on any atom is 0.407 e. The van der Waals surface area contributed by atoms with Gasteiger partial charge in [-0.25, -0.2) is 9.59 Å². The van der Waals surface area contributed by atoms with Gasteiger partial charge in [0, 0.05) is 25.7 Å². The molecule has 10 heteroatoms. The lowest BCUT2D eigenvalue weighted by molar-refractivity contribution is -0.151. The summed E-state index contributed by atoms with van der Waals surface area (Å²) in [4.78, 5) is 48.9. The van der Waals surface area contributed by atoms with E-state index in [1.165, 1.54) is 114 Å². The Hall–Kier alpha value is -3.92. The predicted molar refractivity (Wildman–Crippen MR) is 339 cm³/mol. The first kappa shape index (κ1) is 67.6. The Morgan fingerprint density at radius 3 is 1.70 bits per heavy atom. The summed E-state index contributed by atoms with van der Waals surface area (Å²) in [6.45, 7) is 29.3. The molecule has 0 aromatic carbocycles. The van der Waals surface area contributed by atoms with Gasteiger partial charge in [-0.3, -0.25) is 9.59 Å². The molecule has 2 amide bonds. The largest absolute Gasteiger partial charge is 0.461 e. The summed E-state index contributed by atoms with van der Waals surface area (Å²) in [6.07, 6.45) is 36.2. The third-order valence-electron chi connectivity index (χ3n) is 24.3. The van der Waals surface area contributed by atoms with Crippen molar-refractivity contribution in [3.63, 3.8) is 0 Å². The van der Waals surface area contributed by atoms with Crippen molar-refractivity contribution in [2.75, 3.05) is 26.3 Å². The van der Waals surface area contributed by atoms with Crippen molar-refractivity contribution in [1.82, 2.24) is 10.6 Å². The molecule has 2 N–H and O–H groups in total. The summed E-state index contributed by atoms with van der Waals surface area (Å²) in [5.74, 6) is 20.8. The van der Waals surface area contributed by atoms with Gasteiger partial charge in [-0.1, -0.05) is 163 Å². The molecule has 8 aliphatic rings. The standard InChI is InChI=1S/C41H63NO4.C33H55NO4/c1-8-9-10-11-12-13-14-15-27-45-38(44)42-29-37(43)46-33-21-24-39(5)32(28-33)19-20-34-35(39)22-26-41(7)36(34)23-25-40(41,6)31(4)18-16-17-30(2)3;1-6-7-19-37-32(36)34-21-31(35)38-25-17-18-33(5)24(20-25)11-12-29-28-14-13-26(27(28)15-16-30(29)33)23(4)10-8-9-22(2)3/h19,30-31,33-36H,8,13-18,20-29H2,1-7H3,(H,42,44);11,22-23,25-30H,6-10,12-21H2,1-5H3,(H,34,36)/t31-,33+,34-,35+,36+,39+,40-,41+;23-,25+,26-,27?,28-,29+,30+,33+/m11/s1. The van der Waals surface area contributed by atoms with Crippen LogP contribution in [0, 0.1) is 116 Å². The molecule has 0 aliphatic heterocycles. The molecule has 0 aromatic heterocycles. The van der Waals surface area contributed by atoms with Gasteiger partial charge < -0.3 is 29.6 Å². The predicted octanol–water partition coefficient (Wildman–Crippen LogP) is 17.7. The maximum atomic E-state index is 12.6. The molecule has 0 bridgehead atoms. The number of unbranched alkanes of at least 4 members (excludes halogenated alkanes) is 3. The van der Waals surface area contributed by atoms with Gasteiger partial charge >= 0.3 is 24.1 Å². The van der Waals surface area contributed by atoms with Gasteiger partial charge in [0.2, 0.25) is 0 Å². The Balaban J connectivity index is 0.000000245. The third kappa shape index (κ3) is 16.6. The molecule has 0 saturated heterocycles. The van der Waals surface area contributed by atoms with E-state index in [2.05, 4.69) is 116 Å². The minimum Gasteiger partial charge on any atom is -0.461 e. The number of nitrogens with one attached hydrogen (secondary N) is 2. The summed E-state index contributed by atoms with van der Waals surface area (Å²) in [6, 6.07) is 0. The van der Waals surface area contributed by atoms with Gasteiger partial charge in [0.15, 0.2) is 0 Å². The van der Waals surface area contributed by atoms with Crippen molar-refractivity contribution in [1.29, 1.82) is 0 Å². The van der Waals surface area contributed by atoms with Crippen molar-refractivity contribution in [3.8, 4) is 23.7 Å². The van der Waals surface area contributed by atoms with Crippen LogP contribution in [0.5, 0.6) is 0 Å². The molecule has 472 valence electrons. The van der Waals surface area contributed by atoms with Gasteiger partial charge in [-0.05, 0) is 214 Å². The molecule has 0 heterocycles. The van der Waals surface area contributed by atoms with E-state index in [4.69, 9.17) is 18.9 Å². The fourth-order valence-corrected chi connectivity index (χ4v) is 19.1. The highest BCUT2D eigenvalue weighted by Crippen LogP contribution is 2.71. The zero-order valence-corrected chi connectivity index (χ0v) is 55.1. The molecule has 8 aliphatic carbocycles. The molecule has 0 radical (unpaired) electrons. The number of carbonyl (C=O) groups is 4. The van der Waals surface area contributed by atoms with Crippen LogP contribution in [0.4, 0.5) is 9.59 Å². The molecule has 0 spiro atoms. The van der Waals surface area contributed by atoms with E-state index >= 15 is 0 Å². The Labute approximate surface area is 511 Å². The first-order valence-corrected chi connectivity index (χ1v) is 34.7. The summed E-state index contributed by atoms with van der Waals surface area (Å²) < 4.78 is 22.0. The topological polar surface area (TPSA) is 129 Å². The lowest BCUT2D eigenvalue weighted by atomic mass is 9.44. The zero-order valence-electron chi connectivity index (χ0n) is 55.1. The van der Waals surface area contributed by atoms with Crippen molar-refractivity contribution in [3.05, 3.63) is 23.3 Å². The monoisotopic (exact) mass is 1160 g/mol. The number of carbonyl (C=O) groups excluding carboxylic acids is 4. The number of hydrogen-bond donors (Lipinski definition) is 2. The van der Waals surface area contributed by atoms with E-state index in [1.54, 1.807) is 0 Å². The van der Waals surface area contributed by atoms with Crippen LogP contribution in [0.1, 0.15) is 263 Å². The molecular weight excluding hydrogens is 1040 g/mol. The third-order valence-corrected chi connectivity index (χ3v) is 24.3. The zero-order chi connectivity index (χ0) is 60.7. The Bertz CT molecular complexity index is 2370. The van der Waals surface area contributed by atoms with Gasteiger partial charge in [0.25, 0.3) is 0 Å². The van der Waals surface area contributed by atoms with Gasteiger partial charge in [0.1, 0.15) is 25.3 Å². The summed E-state index contributed by atoms with van der Waals surface area (Å²) in [7, 11) is 0. The number of hydrogen-bond acceptors (Lipinski definition) is 8. The lowest BCUT2D eigenvalue weighted by Gasteiger charge is -2.60. The first-order chi connectivity index (χ1) is 40.2. The second-order valence-electron chi connectivity index (χ2n) is 30.0. The van der Waals surface area contributed by atoms with Gasteiger partial charge in [-0.2, -0.15) is 0 Å². The second-order valence-corrected chi connectivity index (χ2v) is 30.0. The molecule has 16 atom stereocenters. The van der Waals surface area contributed by atoms with E-state index in [-0.39, 0.29) is 48.1 Å². The van der Waals surface area contributed by atoms with Crippen molar-refractivity contribution < 1.29 is 38.1 Å². The van der Waals surface area contributed by atoms with Crippen LogP contribution in [0.25, 0.3) is 0 Å². The molecule has 84 heavy (non-hydrogen) atoms. The first-order valence-electron chi connectivity index (χ1n) is 34.7. The average molecular weight is 1160 g/mol. The number of rotatable bonds is 23. The minimum atomic E-state index is -0.577. The molecule has 6 saturated carbocycles. The average Bonchev–Trinajstić information content (AvgIpc) is 1.86. The van der Waals surface area contributed by atoms with E-state index in [1.807, 2.05) is 13.8 Å². The highest BCUT2D eigenvalue weighted by Gasteiger charge is 2.63. The molecule has 6 fully saturated rings. The van der Waals surface area contributed by atoms with Crippen molar-refractivity contribution in [2.24, 2.45) is 92.7 Å². The number of alkyl carbamates (subject to hydrolysis) is 2. The molecular formula is C74H118N2O8. The number of esters is 2. The van der Waals surface area contributed by atoms with Gasteiger partial charge in [0.05, 0.1) is 13.2 Å². The summed E-state index contributed by atoms with van der Waals surface area (Å²) in [5, 5.41) is 5.09.